The average molecular weight is 469 g/mol. The number of nitrogens with zero attached hydrogens (tertiary/aromatic N) is 2. The van der Waals surface area contributed by atoms with Crippen LogP contribution in [0, 0.1) is 12.8 Å². The van der Waals surface area contributed by atoms with E-state index in [0.29, 0.717) is 31.1 Å². The molecular formula is C22H30Cl2N4O3. The number of rotatable bonds is 5. The molecule has 170 valence electrons. The van der Waals surface area contributed by atoms with E-state index >= 15 is 0 Å². The second-order valence-electron chi connectivity index (χ2n) is 8.05. The number of carbonyl (C=O) groups is 2. The SMILES string of the molecule is Cc1ccc(-c2ocnc2C(=O)N2CCCC(CNC(=O)C3CCCN3)C2)cc1.Cl.Cl. The number of carbonyl (C=O) groups excluding carboxylic acids is 2. The molecule has 7 nitrogen and oxygen atoms in total. The van der Waals surface area contributed by atoms with Crippen LogP contribution < -0.4 is 10.6 Å². The Hall–Kier alpha value is -2.09. The van der Waals surface area contributed by atoms with Gasteiger partial charge in [-0.05, 0) is 45.1 Å². The Morgan fingerprint density at radius 3 is 2.68 bits per heavy atom. The van der Waals surface area contributed by atoms with Crippen LogP contribution in [0.5, 0.6) is 0 Å². The van der Waals surface area contributed by atoms with Crippen LogP contribution in [0.25, 0.3) is 11.3 Å². The van der Waals surface area contributed by atoms with Crippen molar-refractivity contribution in [1.82, 2.24) is 20.5 Å². The fourth-order valence-electron chi connectivity index (χ4n) is 4.15. The zero-order chi connectivity index (χ0) is 20.2. The predicted octanol–water partition coefficient (Wildman–Crippen LogP) is 3.21. The lowest BCUT2D eigenvalue weighted by atomic mass is 9.97. The van der Waals surface area contributed by atoms with Crippen LogP contribution >= 0.6 is 24.8 Å². The van der Waals surface area contributed by atoms with Gasteiger partial charge in [0.1, 0.15) is 0 Å². The van der Waals surface area contributed by atoms with Crippen molar-refractivity contribution >= 4 is 36.6 Å². The Kier molecular flexibility index (Phi) is 9.34. The van der Waals surface area contributed by atoms with Gasteiger partial charge in [-0.1, -0.05) is 29.8 Å². The molecule has 2 fully saturated rings. The van der Waals surface area contributed by atoms with E-state index in [2.05, 4.69) is 15.6 Å². The summed E-state index contributed by atoms with van der Waals surface area (Å²) in [6.45, 7) is 4.85. The third-order valence-corrected chi connectivity index (χ3v) is 5.83. The molecule has 0 spiro atoms. The zero-order valence-electron chi connectivity index (χ0n) is 17.6. The molecule has 31 heavy (non-hydrogen) atoms. The fraction of sp³-hybridized carbons (Fsp3) is 0.500. The number of oxazole rings is 1. The van der Waals surface area contributed by atoms with Gasteiger partial charge in [0.25, 0.3) is 5.91 Å². The second kappa shape index (κ2) is 11.5. The van der Waals surface area contributed by atoms with Gasteiger partial charge in [-0.2, -0.15) is 0 Å². The highest BCUT2D eigenvalue weighted by Gasteiger charge is 2.29. The summed E-state index contributed by atoms with van der Waals surface area (Å²) in [5.41, 5.74) is 2.35. The first-order chi connectivity index (χ1) is 14.1. The third-order valence-electron chi connectivity index (χ3n) is 5.83. The molecule has 0 radical (unpaired) electrons. The molecule has 2 aromatic rings. The van der Waals surface area contributed by atoms with E-state index in [1.54, 1.807) is 0 Å². The molecule has 2 aliphatic heterocycles. The first kappa shape index (κ1) is 25.2. The maximum Gasteiger partial charge on any atom is 0.276 e. The molecule has 2 aliphatic rings. The first-order valence-corrected chi connectivity index (χ1v) is 10.4. The Balaban J connectivity index is 0.00000171. The molecule has 2 saturated heterocycles. The van der Waals surface area contributed by atoms with E-state index < -0.39 is 0 Å². The lowest BCUT2D eigenvalue weighted by molar-refractivity contribution is -0.123. The summed E-state index contributed by atoms with van der Waals surface area (Å²) in [5.74, 6) is 0.734. The first-order valence-electron chi connectivity index (χ1n) is 10.4. The minimum absolute atomic E-state index is 0. The quantitative estimate of drug-likeness (QED) is 0.703. The average Bonchev–Trinajstić information content (AvgIpc) is 3.44. The van der Waals surface area contributed by atoms with E-state index in [9.17, 15) is 9.59 Å². The van der Waals surface area contributed by atoms with Gasteiger partial charge >= 0.3 is 0 Å². The minimum atomic E-state index is -0.109. The highest BCUT2D eigenvalue weighted by atomic mass is 35.5. The monoisotopic (exact) mass is 468 g/mol. The molecule has 2 amide bonds. The van der Waals surface area contributed by atoms with E-state index in [-0.39, 0.29) is 48.6 Å². The zero-order valence-corrected chi connectivity index (χ0v) is 19.3. The minimum Gasteiger partial charge on any atom is -0.443 e. The summed E-state index contributed by atoms with van der Waals surface area (Å²) in [7, 11) is 0. The van der Waals surface area contributed by atoms with Crippen LogP contribution in [0.4, 0.5) is 0 Å². The van der Waals surface area contributed by atoms with E-state index in [1.807, 2.05) is 36.1 Å². The van der Waals surface area contributed by atoms with Gasteiger partial charge in [0, 0.05) is 25.2 Å². The van der Waals surface area contributed by atoms with Crippen molar-refractivity contribution in [2.24, 2.45) is 5.92 Å². The van der Waals surface area contributed by atoms with Crippen molar-refractivity contribution in [2.75, 3.05) is 26.2 Å². The van der Waals surface area contributed by atoms with Crippen molar-refractivity contribution in [3.8, 4) is 11.3 Å². The number of hydrogen-bond donors (Lipinski definition) is 2. The number of aryl methyl sites for hydroxylation is 1. The van der Waals surface area contributed by atoms with Crippen molar-refractivity contribution in [2.45, 2.75) is 38.6 Å². The normalized spacial score (nSPS) is 20.5. The van der Waals surface area contributed by atoms with E-state index in [1.165, 1.54) is 6.39 Å². The number of piperidine rings is 1. The van der Waals surface area contributed by atoms with Crippen LogP contribution in [-0.2, 0) is 4.79 Å². The molecule has 0 saturated carbocycles. The molecule has 0 bridgehead atoms. The summed E-state index contributed by atoms with van der Waals surface area (Å²) >= 11 is 0. The Labute approximate surface area is 195 Å². The molecule has 2 N–H and O–H groups in total. The maximum atomic E-state index is 13.1. The van der Waals surface area contributed by atoms with E-state index in [0.717, 1.165) is 43.4 Å². The van der Waals surface area contributed by atoms with Crippen molar-refractivity contribution in [3.05, 3.63) is 41.9 Å². The van der Waals surface area contributed by atoms with Gasteiger partial charge in [0.2, 0.25) is 5.91 Å². The summed E-state index contributed by atoms with van der Waals surface area (Å²) in [5, 5.41) is 6.28. The molecule has 1 aromatic carbocycles. The van der Waals surface area contributed by atoms with Crippen molar-refractivity contribution in [1.29, 1.82) is 0 Å². The van der Waals surface area contributed by atoms with Crippen LogP contribution in [-0.4, -0.2) is 53.9 Å². The number of aromatic nitrogens is 1. The summed E-state index contributed by atoms with van der Waals surface area (Å²) < 4.78 is 5.54. The Bertz CT molecular complexity index is 866. The number of likely N-dealkylation sites (tertiary alicyclic amines) is 1. The maximum absolute atomic E-state index is 13.1. The summed E-state index contributed by atoms with van der Waals surface area (Å²) in [6, 6.07) is 7.80. The largest absolute Gasteiger partial charge is 0.443 e. The van der Waals surface area contributed by atoms with Crippen LogP contribution in [0.15, 0.2) is 35.1 Å². The molecule has 3 heterocycles. The highest BCUT2D eigenvalue weighted by Crippen LogP contribution is 2.26. The van der Waals surface area contributed by atoms with Crippen LogP contribution in [0.3, 0.4) is 0 Å². The number of nitrogens with one attached hydrogen (secondary N) is 2. The lowest BCUT2D eigenvalue weighted by Gasteiger charge is -2.32. The lowest BCUT2D eigenvalue weighted by Crippen LogP contribution is -2.46. The standard InChI is InChI=1S/C22H28N4O3.2ClH/c1-15-6-8-17(9-7-15)20-19(25-14-29-20)22(28)26-11-3-4-16(13-26)12-24-21(27)18-5-2-10-23-18;;/h6-9,14,16,18,23H,2-5,10-13H2,1H3,(H,24,27);2*1H. The van der Waals surface area contributed by atoms with Crippen molar-refractivity contribution in [3.63, 3.8) is 0 Å². The Morgan fingerprint density at radius 1 is 1.19 bits per heavy atom. The van der Waals surface area contributed by atoms with Gasteiger partial charge in [-0.15, -0.1) is 24.8 Å². The Morgan fingerprint density at radius 2 is 1.97 bits per heavy atom. The highest BCUT2D eigenvalue weighted by molar-refractivity contribution is 5.97. The van der Waals surface area contributed by atoms with Gasteiger partial charge in [-0.3, -0.25) is 9.59 Å². The summed E-state index contributed by atoms with van der Waals surface area (Å²) in [6.07, 6.45) is 5.20. The molecule has 2 unspecified atom stereocenters. The van der Waals surface area contributed by atoms with Gasteiger partial charge in [0.05, 0.1) is 6.04 Å². The third kappa shape index (κ3) is 5.99. The van der Waals surface area contributed by atoms with Crippen LogP contribution in [0.2, 0.25) is 0 Å². The van der Waals surface area contributed by atoms with Gasteiger partial charge in [-0.25, -0.2) is 4.98 Å². The van der Waals surface area contributed by atoms with Crippen LogP contribution in [0.1, 0.15) is 41.7 Å². The molecule has 4 rings (SSSR count). The van der Waals surface area contributed by atoms with E-state index in [4.69, 9.17) is 4.42 Å². The molecule has 1 aromatic heterocycles. The molecule has 9 heteroatoms. The van der Waals surface area contributed by atoms with Gasteiger partial charge in [0.15, 0.2) is 17.8 Å². The smallest absolute Gasteiger partial charge is 0.276 e. The van der Waals surface area contributed by atoms with Crippen molar-refractivity contribution < 1.29 is 14.0 Å². The number of amides is 2. The number of hydrogen-bond acceptors (Lipinski definition) is 5. The number of halogens is 2. The topological polar surface area (TPSA) is 87.5 Å². The van der Waals surface area contributed by atoms with Gasteiger partial charge < -0.3 is 20.0 Å². The summed E-state index contributed by atoms with van der Waals surface area (Å²) in [4.78, 5) is 31.4. The molecule has 0 aliphatic carbocycles. The molecular weight excluding hydrogens is 439 g/mol. The molecule has 2 atom stereocenters. The fourth-order valence-corrected chi connectivity index (χ4v) is 4.15. The second-order valence-corrected chi connectivity index (χ2v) is 8.05. The number of benzene rings is 1. The predicted molar refractivity (Wildman–Crippen MR) is 124 cm³/mol.